The van der Waals surface area contributed by atoms with Gasteiger partial charge in [0.05, 0.1) is 11.0 Å². The van der Waals surface area contributed by atoms with E-state index in [2.05, 4.69) is 15.0 Å². The van der Waals surface area contributed by atoms with Crippen LogP contribution < -0.4 is 4.90 Å². The highest BCUT2D eigenvalue weighted by molar-refractivity contribution is 6.31. The predicted octanol–water partition coefficient (Wildman–Crippen LogP) is 7.29. The molecule has 11 nitrogen and oxygen atoms in total. The third kappa shape index (κ3) is 6.24. The molecule has 2 aliphatic rings. The summed E-state index contributed by atoms with van der Waals surface area (Å²) in [7, 11) is 0. The van der Waals surface area contributed by atoms with E-state index in [1.54, 1.807) is 36.4 Å². The summed E-state index contributed by atoms with van der Waals surface area (Å²) in [5.41, 5.74) is 2.29. The lowest BCUT2D eigenvalue weighted by molar-refractivity contribution is -0.138. The minimum Gasteiger partial charge on any atom is -0.480 e. The average Bonchev–Trinajstić information content (AvgIpc) is 3.79. The molecule has 14 heteroatoms. The summed E-state index contributed by atoms with van der Waals surface area (Å²) in [4.78, 5) is 41.2. The molecule has 2 aromatic carbocycles. The number of hydrogen-bond acceptors (Lipinski definition) is 8. The number of carboxylic acids is 1. The van der Waals surface area contributed by atoms with Crippen molar-refractivity contribution in [2.75, 3.05) is 24.5 Å². The molecule has 0 bridgehead atoms. The standard InChI is InChI=1S/C35H37ClF2N6O5/c1-20-19-42(17-14-24(20)44-25-13-12-21(36)18-23(25)39-34(44)48)28(45)11-3-2-6-15-35(37,38)33-40-29-22-8-4-5-10-27(22)49-30(29)31(41-33)43-16-7-9-26(43)32(46)47/h4-5,8,10,12-13,18,20,24,26H,2-3,6-7,9,11,14-17,19H2,1H3,(H,39,48)(H,46,47)/t20-,24-,26-/m0/s1. The van der Waals surface area contributed by atoms with Gasteiger partial charge in [0.2, 0.25) is 11.7 Å². The molecular weight excluding hydrogens is 658 g/mol. The van der Waals surface area contributed by atoms with E-state index < -0.39 is 30.2 Å². The number of benzene rings is 2. The smallest absolute Gasteiger partial charge is 0.326 e. The number of carbonyl (C=O) groups is 2. The number of anilines is 1. The molecule has 0 radical (unpaired) electrons. The number of unbranched alkanes of at least 4 members (excludes halogenated alkanes) is 2. The molecule has 0 spiro atoms. The number of piperidine rings is 1. The molecule has 49 heavy (non-hydrogen) atoms. The number of aromatic hydroxyl groups is 1. The highest BCUT2D eigenvalue weighted by Gasteiger charge is 2.40. The molecule has 1 amide bonds. The molecule has 7 rings (SSSR count). The third-order valence-corrected chi connectivity index (χ3v) is 10.1. The van der Waals surface area contributed by atoms with Crippen LogP contribution in [-0.2, 0) is 15.5 Å². The zero-order valence-corrected chi connectivity index (χ0v) is 27.7. The fourth-order valence-corrected chi connectivity index (χ4v) is 7.58. The molecule has 5 aromatic rings. The van der Waals surface area contributed by atoms with E-state index in [1.165, 1.54) is 4.90 Å². The Bertz CT molecular complexity index is 2050. The lowest BCUT2D eigenvalue weighted by atomic mass is 9.93. The van der Waals surface area contributed by atoms with Crippen LogP contribution in [0.4, 0.5) is 14.6 Å². The molecule has 2 fully saturated rings. The minimum absolute atomic E-state index is 0.0209. The highest BCUT2D eigenvalue weighted by atomic mass is 35.5. The van der Waals surface area contributed by atoms with Crippen molar-refractivity contribution in [3.63, 3.8) is 0 Å². The molecule has 0 unspecified atom stereocenters. The van der Waals surface area contributed by atoms with Crippen LogP contribution in [0.15, 0.2) is 46.9 Å². The Hall–Kier alpha value is -4.52. The van der Waals surface area contributed by atoms with E-state index in [9.17, 15) is 19.8 Å². The van der Waals surface area contributed by atoms with Gasteiger partial charge in [0.1, 0.15) is 17.1 Å². The van der Waals surface area contributed by atoms with E-state index in [4.69, 9.17) is 16.0 Å². The zero-order chi connectivity index (χ0) is 34.4. The first-order chi connectivity index (χ1) is 23.5. The Morgan fingerprint density at radius 1 is 1.06 bits per heavy atom. The van der Waals surface area contributed by atoms with Crippen molar-refractivity contribution in [3.8, 4) is 6.01 Å². The van der Waals surface area contributed by atoms with Crippen molar-refractivity contribution in [3.05, 3.63) is 53.3 Å². The number of rotatable bonds is 10. The maximum absolute atomic E-state index is 15.7. The van der Waals surface area contributed by atoms with Crippen LogP contribution in [0, 0.1) is 5.92 Å². The van der Waals surface area contributed by atoms with Crippen LogP contribution in [0.1, 0.15) is 70.2 Å². The van der Waals surface area contributed by atoms with Gasteiger partial charge in [0.25, 0.3) is 6.01 Å². The second kappa shape index (κ2) is 13.1. The second-order valence-corrected chi connectivity index (χ2v) is 13.6. The third-order valence-electron chi connectivity index (χ3n) is 9.90. The summed E-state index contributed by atoms with van der Waals surface area (Å²) in [6.07, 6.45) is 2.38. The zero-order valence-electron chi connectivity index (χ0n) is 27.0. The molecule has 2 N–H and O–H groups in total. The van der Waals surface area contributed by atoms with Crippen LogP contribution in [0.5, 0.6) is 6.01 Å². The number of aromatic nitrogens is 4. The molecule has 2 saturated heterocycles. The molecule has 0 saturated carbocycles. The van der Waals surface area contributed by atoms with Gasteiger partial charge in [-0.05, 0) is 68.4 Å². The first-order valence-corrected chi connectivity index (χ1v) is 17.1. The minimum atomic E-state index is -3.38. The number of fused-ring (bicyclic) bond motifs is 4. The molecule has 0 aliphatic carbocycles. The van der Waals surface area contributed by atoms with Gasteiger partial charge >= 0.3 is 11.9 Å². The van der Waals surface area contributed by atoms with Gasteiger partial charge in [-0.1, -0.05) is 37.1 Å². The van der Waals surface area contributed by atoms with Crippen molar-refractivity contribution in [2.24, 2.45) is 5.92 Å². The van der Waals surface area contributed by atoms with E-state index in [-0.39, 0.29) is 53.6 Å². The lowest BCUT2D eigenvalue weighted by Crippen LogP contribution is -2.43. The van der Waals surface area contributed by atoms with Gasteiger partial charge in [0, 0.05) is 48.9 Å². The quantitative estimate of drug-likeness (QED) is 0.144. The summed E-state index contributed by atoms with van der Waals surface area (Å²) in [6, 6.07) is 11.3. The fourth-order valence-electron chi connectivity index (χ4n) is 7.41. The summed E-state index contributed by atoms with van der Waals surface area (Å²) < 4.78 is 39.3. The van der Waals surface area contributed by atoms with Gasteiger partial charge in [-0.15, -0.1) is 0 Å². The Labute approximate surface area is 285 Å². The van der Waals surface area contributed by atoms with Gasteiger partial charge < -0.3 is 24.4 Å². The first-order valence-electron chi connectivity index (χ1n) is 16.7. The van der Waals surface area contributed by atoms with E-state index in [1.807, 2.05) is 22.5 Å². The first kappa shape index (κ1) is 33.0. The van der Waals surface area contributed by atoms with Crippen LogP contribution in [-0.4, -0.2) is 72.2 Å². The number of furan rings is 1. The molecule has 3 atom stereocenters. The highest BCUT2D eigenvalue weighted by Crippen LogP contribution is 2.40. The van der Waals surface area contributed by atoms with Crippen molar-refractivity contribution in [1.29, 1.82) is 0 Å². The van der Waals surface area contributed by atoms with Gasteiger partial charge in [-0.3, -0.25) is 9.36 Å². The van der Waals surface area contributed by atoms with Gasteiger partial charge in [-0.2, -0.15) is 13.8 Å². The number of carbonyl (C=O) groups excluding carboxylic acids is 1. The number of likely N-dealkylation sites (tertiary alicyclic amines) is 1. The Balaban J connectivity index is 0.975. The van der Waals surface area contributed by atoms with Crippen LogP contribution in [0.2, 0.25) is 5.02 Å². The number of carboxylic acid groups (broad SMARTS) is 1. The summed E-state index contributed by atoms with van der Waals surface area (Å²) in [6.45, 7) is 3.42. The van der Waals surface area contributed by atoms with Crippen molar-refractivity contribution < 1.29 is 33.0 Å². The molecule has 258 valence electrons. The Kier molecular flexibility index (Phi) is 8.80. The Morgan fingerprint density at radius 3 is 2.67 bits per heavy atom. The summed E-state index contributed by atoms with van der Waals surface area (Å²) in [5.74, 6) is -4.98. The second-order valence-electron chi connectivity index (χ2n) is 13.2. The monoisotopic (exact) mass is 694 g/mol. The Morgan fingerprint density at radius 2 is 1.88 bits per heavy atom. The van der Waals surface area contributed by atoms with E-state index in [0.717, 1.165) is 5.52 Å². The normalized spacial score (nSPS) is 20.2. The van der Waals surface area contributed by atoms with Crippen LogP contribution in [0.25, 0.3) is 33.1 Å². The maximum Gasteiger partial charge on any atom is 0.326 e. The number of hydrogen-bond donors (Lipinski definition) is 2. The number of alkyl halides is 2. The maximum atomic E-state index is 15.7. The number of halogens is 3. The SMILES string of the molecule is C[C@H]1CN(C(=O)CCCCCC(F)(F)c2nc(N3CCC[C@H]3C(=O)O)c3oc4ccccc4c3n2)CC[C@@H]1n1c(O)nc2cc(Cl)ccc21. The number of imidazole rings is 1. The fraction of sp³-hybridized carbons (Fsp3) is 0.457. The van der Waals surface area contributed by atoms with Crippen LogP contribution in [0.3, 0.4) is 0 Å². The topological polar surface area (TPSA) is 138 Å². The number of para-hydroxylation sites is 1. The molecule has 3 aromatic heterocycles. The van der Waals surface area contributed by atoms with E-state index >= 15 is 8.78 Å². The molecule has 5 heterocycles. The van der Waals surface area contributed by atoms with Gasteiger partial charge in [0.15, 0.2) is 11.4 Å². The number of amides is 1. The van der Waals surface area contributed by atoms with E-state index in [0.29, 0.717) is 73.2 Å². The molecule has 2 aliphatic heterocycles. The largest absolute Gasteiger partial charge is 0.480 e. The average molecular weight is 695 g/mol. The lowest BCUT2D eigenvalue weighted by Gasteiger charge is -2.38. The predicted molar refractivity (Wildman–Crippen MR) is 180 cm³/mol. The van der Waals surface area contributed by atoms with Crippen LogP contribution >= 0.6 is 11.6 Å². The summed E-state index contributed by atoms with van der Waals surface area (Å²) >= 11 is 6.10. The van der Waals surface area contributed by atoms with Crippen molar-refractivity contribution in [1.82, 2.24) is 24.4 Å². The van der Waals surface area contributed by atoms with Gasteiger partial charge in [-0.25, -0.2) is 14.8 Å². The number of aliphatic carboxylic acids is 1. The van der Waals surface area contributed by atoms with Crippen molar-refractivity contribution in [2.45, 2.75) is 76.3 Å². The summed E-state index contributed by atoms with van der Waals surface area (Å²) in [5, 5.41) is 21.5. The number of nitrogens with zero attached hydrogens (tertiary/aromatic N) is 6. The molecular formula is C35H37ClF2N6O5. The van der Waals surface area contributed by atoms with Crippen molar-refractivity contribution >= 4 is 62.4 Å².